The monoisotopic (exact) mass is 370 g/mol. The molecular weight excluding hydrogens is 344 g/mol. The first-order valence-corrected chi connectivity index (χ1v) is 9.68. The molecule has 4 rings (SSSR count). The van der Waals surface area contributed by atoms with Gasteiger partial charge in [-0.15, -0.1) is 10.2 Å². The standard InChI is InChI=1S/C20H26N4O3/c1-26-13-15-11-24(20(25)21-16-9-5-6-10-16)12-17(15)19-23-22-18(27-19)14-7-3-2-4-8-14/h2-4,7-8,15-17H,5-6,9-13H2,1H3,(H,21,25). The van der Waals surface area contributed by atoms with E-state index in [9.17, 15) is 4.79 Å². The van der Waals surface area contributed by atoms with Gasteiger partial charge in [-0.05, 0) is 25.0 Å². The number of likely N-dealkylation sites (tertiary alicyclic amines) is 1. The van der Waals surface area contributed by atoms with E-state index in [2.05, 4.69) is 15.5 Å². The quantitative estimate of drug-likeness (QED) is 0.875. The lowest BCUT2D eigenvalue weighted by atomic mass is 9.97. The number of hydrogen-bond acceptors (Lipinski definition) is 5. The lowest BCUT2D eigenvalue weighted by molar-refractivity contribution is 0.144. The van der Waals surface area contributed by atoms with Gasteiger partial charge in [0.05, 0.1) is 12.5 Å². The van der Waals surface area contributed by atoms with Gasteiger partial charge in [0.25, 0.3) is 0 Å². The fraction of sp³-hybridized carbons (Fsp3) is 0.550. The van der Waals surface area contributed by atoms with Crippen molar-refractivity contribution in [3.05, 3.63) is 36.2 Å². The number of methoxy groups -OCH3 is 1. The summed E-state index contributed by atoms with van der Waals surface area (Å²) in [4.78, 5) is 14.5. The number of aromatic nitrogens is 2. The Hall–Kier alpha value is -2.41. The van der Waals surface area contributed by atoms with Crippen LogP contribution >= 0.6 is 0 Å². The van der Waals surface area contributed by atoms with E-state index in [1.54, 1.807) is 7.11 Å². The molecule has 2 heterocycles. The molecule has 144 valence electrons. The Labute approximate surface area is 159 Å². The van der Waals surface area contributed by atoms with E-state index < -0.39 is 0 Å². The number of nitrogens with one attached hydrogen (secondary N) is 1. The van der Waals surface area contributed by atoms with Crippen LogP contribution in [0.3, 0.4) is 0 Å². The van der Waals surface area contributed by atoms with E-state index in [1.807, 2.05) is 35.2 Å². The SMILES string of the molecule is COCC1CN(C(=O)NC2CCCC2)CC1c1nnc(-c2ccccc2)o1. The van der Waals surface area contributed by atoms with Gasteiger partial charge in [-0.1, -0.05) is 31.0 Å². The molecule has 1 aromatic heterocycles. The van der Waals surface area contributed by atoms with Crippen LogP contribution in [0.4, 0.5) is 4.79 Å². The van der Waals surface area contributed by atoms with Crippen molar-refractivity contribution in [1.82, 2.24) is 20.4 Å². The van der Waals surface area contributed by atoms with Crippen molar-refractivity contribution in [3.63, 3.8) is 0 Å². The van der Waals surface area contributed by atoms with Crippen LogP contribution in [0.1, 0.15) is 37.5 Å². The Bertz CT molecular complexity index is 758. The number of amides is 2. The highest BCUT2D eigenvalue weighted by atomic mass is 16.5. The molecular formula is C20H26N4O3. The third-order valence-corrected chi connectivity index (χ3v) is 5.57. The average Bonchev–Trinajstić information content (AvgIpc) is 3.43. The second-order valence-electron chi connectivity index (χ2n) is 7.47. The van der Waals surface area contributed by atoms with Gasteiger partial charge < -0.3 is 19.4 Å². The molecule has 1 saturated carbocycles. The largest absolute Gasteiger partial charge is 0.420 e. The van der Waals surface area contributed by atoms with Gasteiger partial charge in [0.2, 0.25) is 11.8 Å². The molecule has 2 unspecified atom stereocenters. The topological polar surface area (TPSA) is 80.5 Å². The molecule has 7 heteroatoms. The molecule has 2 aromatic rings. The third-order valence-electron chi connectivity index (χ3n) is 5.57. The van der Waals surface area contributed by atoms with E-state index in [-0.39, 0.29) is 17.9 Å². The first-order valence-electron chi connectivity index (χ1n) is 9.68. The van der Waals surface area contributed by atoms with Crippen LogP contribution in [0.15, 0.2) is 34.7 Å². The Morgan fingerprint density at radius 2 is 2.00 bits per heavy atom. The van der Waals surface area contributed by atoms with Gasteiger partial charge in [-0.2, -0.15) is 0 Å². The Morgan fingerprint density at radius 3 is 2.74 bits per heavy atom. The zero-order chi connectivity index (χ0) is 18.6. The van der Waals surface area contributed by atoms with Crippen LogP contribution in [0.5, 0.6) is 0 Å². The maximum absolute atomic E-state index is 12.7. The number of hydrogen-bond donors (Lipinski definition) is 1. The highest BCUT2D eigenvalue weighted by Gasteiger charge is 2.40. The minimum absolute atomic E-state index is 0.00769. The molecule has 0 spiro atoms. The lowest BCUT2D eigenvalue weighted by Gasteiger charge is -2.20. The van der Waals surface area contributed by atoms with Crippen molar-refractivity contribution in [2.45, 2.75) is 37.6 Å². The van der Waals surface area contributed by atoms with Gasteiger partial charge in [0.1, 0.15) is 0 Å². The molecule has 1 N–H and O–H groups in total. The third kappa shape index (κ3) is 3.98. The van der Waals surface area contributed by atoms with E-state index in [4.69, 9.17) is 9.15 Å². The number of benzene rings is 1. The van der Waals surface area contributed by atoms with Crippen LogP contribution < -0.4 is 5.32 Å². The zero-order valence-corrected chi connectivity index (χ0v) is 15.6. The fourth-order valence-electron chi connectivity index (χ4n) is 4.12. The van der Waals surface area contributed by atoms with Crippen molar-refractivity contribution in [3.8, 4) is 11.5 Å². The molecule has 1 saturated heterocycles. The molecule has 2 atom stereocenters. The second-order valence-corrected chi connectivity index (χ2v) is 7.47. The summed E-state index contributed by atoms with van der Waals surface area (Å²) in [5, 5.41) is 11.6. The number of ether oxygens (including phenoxy) is 1. The van der Waals surface area contributed by atoms with Gasteiger partial charge in [0, 0.05) is 37.7 Å². The molecule has 1 aliphatic carbocycles. The molecule has 7 nitrogen and oxygen atoms in total. The molecule has 27 heavy (non-hydrogen) atoms. The second kappa shape index (κ2) is 8.08. The van der Waals surface area contributed by atoms with Crippen LogP contribution in [0.25, 0.3) is 11.5 Å². The minimum atomic E-state index is -0.00996. The average molecular weight is 370 g/mol. The number of rotatable bonds is 5. The predicted octanol–water partition coefficient (Wildman–Crippen LogP) is 3.05. The molecule has 2 amide bonds. The van der Waals surface area contributed by atoms with Gasteiger partial charge in [0.15, 0.2) is 0 Å². The molecule has 0 bridgehead atoms. The van der Waals surface area contributed by atoms with Crippen molar-refractivity contribution in [2.75, 3.05) is 26.8 Å². The summed E-state index contributed by atoms with van der Waals surface area (Å²) in [5.74, 6) is 1.22. The summed E-state index contributed by atoms with van der Waals surface area (Å²) in [5.41, 5.74) is 0.897. The van der Waals surface area contributed by atoms with E-state index >= 15 is 0 Å². The smallest absolute Gasteiger partial charge is 0.317 e. The summed E-state index contributed by atoms with van der Waals surface area (Å²) >= 11 is 0. The summed E-state index contributed by atoms with van der Waals surface area (Å²) in [6, 6.07) is 10.0. The highest BCUT2D eigenvalue weighted by molar-refractivity contribution is 5.75. The normalized spacial score (nSPS) is 23.1. The van der Waals surface area contributed by atoms with Gasteiger partial charge in [-0.3, -0.25) is 0 Å². The van der Waals surface area contributed by atoms with Crippen LogP contribution in [-0.2, 0) is 4.74 Å². The number of urea groups is 1. The van der Waals surface area contributed by atoms with Crippen molar-refractivity contribution in [2.24, 2.45) is 5.92 Å². The maximum atomic E-state index is 12.7. The Kier molecular flexibility index (Phi) is 5.38. The van der Waals surface area contributed by atoms with Crippen molar-refractivity contribution < 1.29 is 13.9 Å². The van der Waals surface area contributed by atoms with E-state index in [0.717, 1.165) is 18.4 Å². The van der Waals surface area contributed by atoms with Gasteiger partial charge >= 0.3 is 6.03 Å². The zero-order valence-electron chi connectivity index (χ0n) is 15.6. The van der Waals surface area contributed by atoms with Gasteiger partial charge in [-0.25, -0.2) is 4.79 Å². The van der Waals surface area contributed by atoms with E-state index in [1.165, 1.54) is 12.8 Å². The number of carbonyl (C=O) groups is 1. The molecule has 1 aliphatic heterocycles. The summed E-state index contributed by atoms with van der Waals surface area (Å²) in [6.07, 6.45) is 4.55. The Morgan fingerprint density at radius 1 is 1.22 bits per heavy atom. The summed E-state index contributed by atoms with van der Waals surface area (Å²) < 4.78 is 11.3. The first kappa shape index (κ1) is 18.0. The first-order chi connectivity index (χ1) is 13.2. The molecule has 1 aromatic carbocycles. The summed E-state index contributed by atoms with van der Waals surface area (Å²) in [7, 11) is 1.68. The molecule has 2 fully saturated rings. The van der Waals surface area contributed by atoms with Crippen molar-refractivity contribution in [1.29, 1.82) is 0 Å². The highest BCUT2D eigenvalue weighted by Crippen LogP contribution is 2.33. The number of nitrogens with zero attached hydrogens (tertiary/aromatic N) is 3. The Balaban J connectivity index is 1.47. The van der Waals surface area contributed by atoms with Crippen LogP contribution in [0.2, 0.25) is 0 Å². The lowest BCUT2D eigenvalue weighted by Crippen LogP contribution is -2.43. The minimum Gasteiger partial charge on any atom is -0.420 e. The van der Waals surface area contributed by atoms with E-state index in [0.29, 0.717) is 37.5 Å². The fourth-order valence-corrected chi connectivity index (χ4v) is 4.12. The van der Waals surface area contributed by atoms with Crippen molar-refractivity contribution >= 4 is 6.03 Å². The maximum Gasteiger partial charge on any atom is 0.317 e. The molecule has 0 radical (unpaired) electrons. The number of carbonyl (C=O) groups excluding carboxylic acids is 1. The van der Waals surface area contributed by atoms with Crippen LogP contribution in [0, 0.1) is 5.92 Å². The molecule has 2 aliphatic rings. The predicted molar refractivity (Wildman–Crippen MR) is 100 cm³/mol. The van der Waals surface area contributed by atoms with Crippen LogP contribution in [-0.4, -0.2) is 54.0 Å². The summed E-state index contributed by atoms with van der Waals surface area (Å²) in [6.45, 7) is 1.77.